The molecule has 0 aliphatic carbocycles. The highest BCUT2D eigenvalue weighted by Gasteiger charge is 2.12. The van der Waals surface area contributed by atoms with E-state index in [1.807, 2.05) is 6.92 Å². The Kier molecular flexibility index (Phi) is 2.65. The predicted molar refractivity (Wildman–Crippen MR) is 47.2 cm³/mol. The van der Waals surface area contributed by atoms with Gasteiger partial charge >= 0.3 is 5.97 Å². The summed E-state index contributed by atoms with van der Waals surface area (Å²) >= 11 is 1.25. The number of nitrogens with zero attached hydrogens (tertiary/aromatic N) is 1. The zero-order valence-corrected chi connectivity index (χ0v) is 7.77. The first-order chi connectivity index (χ1) is 5.65. The van der Waals surface area contributed by atoms with E-state index < -0.39 is 5.97 Å². The van der Waals surface area contributed by atoms with Crippen LogP contribution >= 0.6 is 11.3 Å². The Morgan fingerprint density at radius 1 is 1.75 bits per heavy atom. The van der Waals surface area contributed by atoms with Crippen LogP contribution < -0.4 is 5.73 Å². The lowest BCUT2D eigenvalue weighted by atomic mass is 10.6. The number of hydrogen-bond donors (Lipinski definition) is 1. The molecular weight excluding hydrogens is 176 g/mol. The number of anilines is 1. The third kappa shape index (κ3) is 1.73. The average molecular weight is 186 g/mol. The highest BCUT2D eigenvalue weighted by Crippen LogP contribution is 2.19. The molecule has 0 aromatic carbocycles. The summed E-state index contributed by atoms with van der Waals surface area (Å²) in [5, 5.41) is 0.326. The molecule has 0 radical (unpaired) electrons. The molecule has 1 aromatic heterocycles. The second-order valence-electron chi connectivity index (χ2n) is 2.18. The van der Waals surface area contributed by atoms with E-state index in [9.17, 15) is 4.79 Å². The van der Waals surface area contributed by atoms with Crippen molar-refractivity contribution in [2.75, 3.05) is 12.3 Å². The minimum absolute atomic E-state index is 0.326. The molecule has 1 rings (SSSR count). The highest BCUT2D eigenvalue weighted by atomic mass is 32.1. The summed E-state index contributed by atoms with van der Waals surface area (Å²) in [4.78, 5) is 15.8. The van der Waals surface area contributed by atoms with Crippen molar-refractivity contribution in [3.8, 4) is 0 Å². The normalized spacial score (nSPS) is 9.83. The predicted octanol–water partition coefficient (Wildman–Crippen LogP) is 1.21. The zero-order chi connectivity index (χ0) is 9.14. The van der Waals surface area contributed by atoms with Crippen LogP contribution in [0.5, 0.6) is 0 Å². The summed E-state index contributed by atoms with van der Waals surface area (Å²) in [5.74, 6) is 0.00496. The van der Waals surface area contributed by atoms with Gasteiger partial charge in [0.25, 0.3) is 0 Å². The Morgan fingerprint density at radius 2 is 2.42 bits per heavy atom. The van der Waals surface area contributed by atoms with Crippen molar-refractivity contribution in [3.05, 3.63) is 9.88 Å². The van der Waals surface area contributed by atoms with Crippen LogP contribution in [0.3, 0.4) is 0 Å². The Hall–Kier alpha value is -1.10. The molecule has 0 fully saturated rings. The van der Waals surface area contributed by atoms with E-state index in [-0.39, 0.29) is 0 Å². The number of hydrogen-bond acceptors (Lipinski definition) is 5. The lowest BCUT2D eigenvalue weighted by Crippen LogP contribution is -2.03. The Morgan fingerprint density at radius 3 is 2.83 bits per heavy atom. The number of nitrogens with two attached hydrogens (primary N) is 1. The van der Waals surface area contributed by atoms with E-state index in [1.54, 1.807) is 6.92 Å². The molecule has 0 bridgehead atoms. The molecule has 0 spiro atoms. The number of aromatic nitrogens is 1. The molecule has 2 N–H and O–H groups in total. The van der Waals surface area contributed by atoms with E-state index in [0.29, 0.717) is 17.4 Å². The summed E-state index contributed by atoms with van der Waals surface area (Å²) in [7, 11) is 0. The van der Waals surface area contributed by atoms with Gasteiger partial charge in [0.15, 0.2) is 0 Å². The fourth-order valence-electron chi connectivity index (χ4n) is 0.688. The molecule has 0 amide bonds. The molecule has 0 saturated carbocycles. The number of esters is 1. The lowest BCUT2D eigenvalue weighted by molar-refractivity contribution is 0.0526. The molecule has 4 nitrogen and oxygen atoms in total. The van der Waals surface area contributed by atoms with Crippen molar-refractivity contribution in [2.24, 2.45) is 0 Å². The summed E-state index contributed by atoms with van der Waals surface area (Å²) in [6, 6.07) is 0. The van der Waals surface area contributed by atoms with Crippen LogP contribution in [0.2, 0.25) is 0 Å². The number of aryl methyl sites for hydroxylation is 1. The second kappa shape index (κ2) is 3.53. The monoisotopic (exact) mass is 186 g/mol. The van der Waals surface area contributed by atoms with Crippen LogP contribution in [0.15, 0.2) is 0 Å². The topological polar surface area (TPSA) is 65.2 Å². The molecule has 1 aromatic rings. The average Bonchev–Trinajstić information content (AvgIpc) is 2.33. The third-order valence-corrected chi connectivity index (χ3v) is 2.25. The van der Waals surface area contributed by atoms with Gasteiger partial charge in [-0.1, -0.05) is 0 Å². The smallest absolute Gasteiger partial charge is 0.367 e. The fraction of sp³-hybridized carbons (Fsp3) is 0.429. The summed E-state index contributed by atoms with van der Waals surface area (Å²) in [6.45, 7) is 3.93. The first-order valence-corrected chi connectivity index (χ1v) is 4.36. The van der Waals surface area contributed by atoms with Gasteiger partial charge in [0.1, 0.15) is 5.82 Å². The van der Waals surface area contributed by atoms with Gasteiger partial charge in [-0.3, -0.25) is 0 Å². The number of carbonyl (C=O) groups excluding carboxylic acids is 1. The summed E-state index contributed by atoms with van der Waals surface area (Å²) in [6.07, 6.45) is 0. The highest BCUT2D eigenvalue weighted by molar-refractivity contribution is 7.13. The van der Waals surface area contributed by atoms with Crippen molar-refractivity contribution in [1.82, 2.24) is 4.98 Å². The van der Waals surface area contributed by atoms with E-state index in [2.05, 4.69) is 4.98 Å². The lowest BCUT2D eigenvalue weighted by Gasteiger charge is -1.94. The first kappa shape index (κ1) is 8.99. The van der Waals surface area contributed by atoms with Crippen LogP contribution in [0.25, 0.3) is 0 Å². The second-order valence-corrected chi connectivity index (χ2v) is 3.38. The van der Waals surface area contributed by atoms with Gasteiger partial charge in [-0.25, -0.2) is 9.78 Å². The first-order valence-electron chi connectivity index (χ1n) is 3.55. The Balaban J connectivity index is 2.82. The van der Waals surface area contributed by atoms with Gasteiger partial charge in [0, 0.05) is 4.88 Å². The minimum atomic E-state index is -0.401. The third-order valence-electron chi connectivity index (χ3n) is 1.28. The molecule has 0 aliphatic rings. The molecule has 0 atom stereocenters. The van der Waals surface area contributed by atoms with Crippen molar-refractivity contribution >= 4 is 23.1 Å². The van der Waals surface area contributed by atoms with Gasteiger partial charge in [-0.05, 0) is 13.8 Å². The van der Waals surface area contributed by atoms with Gasteiger partial charge in [0.05, 0.1) is 6.61 Å². The molecule has 0 unspecified atom stereocenters. The van der Waals surface area contributed by atoms with Gasteiger partial charge < -0.3 is 10.5 Å². The van der Waals surface area contributed by atoms with E-state index in [1.165, 1.54) is 11.3 Å². The zero-order valence-electron chi connectivity index (χ0n) is 6.96. The Bertz CT molecular complexity index is 276. The molecule has 5 heteroatoms. The van der Waals surface area contributed by atoms with E-state index in [4.69, 9.17) is 10.5 Å². The van der Waals surface area contributed by atoms with Crippen molar-refractivity contribution in [3.63, 3.8) is 0 Å². The quantitative estimate of drug-likeness (QED) is 0.705. The number of thiazole rings is 1. The minimum Gasteiger partial charge on any atom is -0.461 e. The van der Waals surface area contributed by atoms with Crippen LogP contribution in [0.4, 0.5) is 5.82 Å². The molecule has 12 heavy (non-hydrogen) atoms. The van der Waals surface area contributed by atoms with Crippen molar-refractivity contribution < 1.29 is 9.53 Å². The maximum Gasteiger partial charge on any atom is 0.367 e. The maximum absolute atomic E-state index is 11.1. The molecule has 0 aliphatic heterocycles. The van der Waals surface area contributed by atoms with Crippen molar-refractivity contribution in [1.29, 1.82) is 0 Å². The van der Waals surface area contributed by atoms with Crippen LogP contribution in [-0.4, -0.2) is 17.6 Å². The number of nitrogen functional groups attached to an aromatic ring is 1. The van der Waals surface area contributed by atoms with E-state index >= 15 is 0 Å². The van der Waals surface area contributed by atoms with Crippen LogP contribution in [0.1, 0.15) is 21.6 Å². The number of carbonyl (C=O) groups is 1. The number of ether oxygens (including phenoxy) is 1. The van der Waals surface area contributed by atoms with Gasteiger partial charge in [0.2, 0.25) is 5.01 Å². The SMILES string of the molecule is CCOC(=O)c1nc(N)c(C)s1. The Labute approximate surface area is 74.4 Å². The van der Waals surface area contributed by atoms with E-state index in [0.717, 1.165) is 4.88 Å². The van der Waals surface area contributed by atoms with Crippen molar-refractivity contribution in [2.45, 2.75) is 13.8 Å². The summed E-state index contributed by atoms with van der Waals surface area (Å²) in [5.41, 5.74) is 5.47. The molecule has 1 heterocycles. The molecular formula is C7H10N2O2S. The largest absolute Gasteiger partial charge is 0.461 e. The molecule has 66 valence electrons. The standard InChI is InChI=1S/C7H10N2O2S/c1-3-11-7(10)6-9-5(8)4(2)12-6/h3,8H2,1-2H3. The van der Waals surface area contributed by atoms with Crippen LogP contribution in [0, 0.1) is 6.92 Å². The fourth-order valence-corrected chi connectivity index (χ4v) is 1.41. The number of rotatable bonds is 2. The summed E-state index contributed by atoms with van der Waals surface area (Å²) < 4.78 is 4.75. The maximum atomic E-state index is 11.1. The van der Waals surface area contributed by atoms with Gasteiger partial charge in [-0.2, -0.15) is 0 Å². The molecule has 0 saturated heterocycles. The van der Waals surface area contributed by atoms with Crippen LogP contribution in [-0.2, 0) is 4.74 Å². The van der Waals surface area contributed by atoms with Gasteiger partial charge in [-0.15, -0.1) is 11.3 Å².